The van der Waals surface area contributed by atoms with E-state index in [4.69, 9.17) is 11.6 Å². The van der Waals surface area contributed by atoms with E-state index in [1.165, 1.54) is 0 Å². The number of amides is 1. The van der Waals surface area contributed by atoms with Crippen molar-refractivity contribution in [3.8, 4) is 0 Å². The van der Waals surface area contributed by atoms with Crippen LogP contribution in [-0.2, 0) is 11.3 Å². The van der Waals surface area contributed by atoms with E-state index in [9.17, 15) is 4.79 Å². The van der Waals surface area contributed by atoms with Crippen LogP contribution in [0.3, 0.4) is 0 Å². The molecule has 1 aromatic heterocycles. The molecular formula is C18H22ClN5O. The average Bonchev–Trinajstić information content (AvgIpc) is 2.60. The normalized spacial score (nSPS) is 14.5. The lowest BCUT2D eigenvalue weighted by Crippen LogP contribution is -2.48. The molecule has 0 unspecified atom stereocenters. The van der Waals surface area contributed by atoms with Gasteiger partial charge in [0, 0.05) is 50.7 Å². The number of carbonyl (C=O) groups excluding carboxylic acids is 1. The molecule has 0 atom stereocenters. The zero-order valence-corrected chi connectivity index (χ0v) is 15.3. The first-order valence-corrected chi connectivity index (χ1v) is 8.74. The third kappa shape index (κ3) is 4.39. The summed E-state index contributed by atoms with van der Waals surface area (Å²) in [6.45, 7) is 7.10. The van der Waals surface area contributed by atoms with Crippen molar-refractivity contribution in [1.29, 1.82) is 0 Å². The van der Waals surface area contributed by atoms with Gasteiger partial charge in [-0.25, -0.2) is 9.97 Å². The Hall–Kier alpha value is -2.34. The molecule has 1 saturated heterocycles. The van der Waals surface area contributed by atoms with Crippen LogP contribution in [0.4, 0.5) is 11.6 Å². The molecule has 132 valence electrons. The highest BCUT2D eigenvalue weighted by atomic mass is 35.5. The Morgan fingerprint density at radius 3 is 2.60 bits per heavy atom. The molecule has 3 rings (SSSR count). The lowest BCUT2D eigenvalue weighted by molar-refractivity contribution is -0.129. The van der Waals surface area contributed by atoms with E-state index >= 15 is 0 Å². The largest absolute Gasteiger partial charge is 0.366 e. The Morgan fingerprint density at radius 2 is 1.92 bits per heavy atom. The van der Waals surface area contributed by atoms with E-state index in [1.54, 1.807) is 6.92 Å². The van der Waals surface area contributed by atoms with Gasteiger partial charge in [-0.2, -0.15) is 0 Å². The van der Waals surface area contributed by atoms with Crippen molar-refractivity contribution < 1.29 is 4.79 Å². The van der Waals surface area contributed by atoms with Gasteiger partial charge in [-0.15, -0.1) is 0 Å². The molecule has 2 aromatic rings. The molecule has 2 heterocycles. The predicted octanol–water partition coefficient (Wildman–Crippen LogP) is 2.72. The van der Waals surface area contributed by atoms with Crippen LogP contribution in [0.15, 0.2) is 30.3 Å². The van der Waals surface area contributed by atoms with Crippen LogP contribution >= 0.6 is 11.6 Å². The van der Waals surface area contributed by atoms with Gasteiger partial charge in [0.15, 0.2) is 0 Å². The molecule has 1 fully saturated rings. The van der Waals surface area contributed by atoms with Gasteiger partial charge in [0.1, 0.15) is 17.5 Å². The first-order chi connectivity index (χ1) is 12.0. The first-order valence-electron chi connectivity index (χ1n) is 8.36. The summed E-state index contributed by atoms with van der Waals surface area (Å²) >= 11 is 6.20. The van der Waals surface area contributed by atoms with Gasteiger partial charge in [-0.05, 0) is 18.6 Å². The summed E-state index contributed by atoms with van der Waals surface area (Å²) < 4.78 is 0. The number of aryl methyl sites for hydroxylation is 1. The molecule has 0 spiro atoms. The lowest BCUT2D eigenvalue weighted by atomic mass is 10.2. The molecule has 0 saturated carbocycles. The molecule has 25 heavy (non-hydrogen) atoms. The fourth-order valence-electron chi connectivity index (χ4n) is 2.88. The molecule has 0 aliphatic carbocycles. The van der Waals surface area contributed by atoms with Gasteiger partial charge in [0.05, 0.1) is 0 Å². The number of nitrogens with zero attached hydrogens (tertiary/aromatic N) is 4. The van der Waals surface area contributed by atoms with Gasteiger partial charge >= 0.3 is 0 Å². The number of carbonyl (C=O) groups is 1. The topological polar surface area (TPSA) is 61.4 Å². The number of nitrogens with one attached hydrogen (secondary N) is 1. The van der Waals surface area contributed by atoms with Crippen molar-refractivity contribution in [2.75, 3.05) is 36.4 Å². The summed E-state index contributed by atoms with van der Waals surface area (Å²) in [4.78, 5) is 24.5. The van der Waals surface area contributed by atoms with Crippen LogP contribution in [0.1, 0.15) is 18.3 Å². The minimum Gasteiger partial charge on any atom is -0.366 e. The summed E-state index contributed by atoms with van der Waals surface area (Å²) in [5.74, 6) is 2.50. The quantitative estimate of drug-likeness (QED) is 0.909. The van der Waals surface area contributed by atoms with Crippen LogP contribution in [0, 0.1) is 6.92 Å². The summed E-state index contributed by atoms with van der Waals surface area (Å²) in [6.07, 6.45) is 0. The van der Waals surface area contributed by atoms with E-state index < -0.39 is 0 Å². The van der Waals surface area contributed by atoms with Crippen LogP contribution in [-0.4, -0.2) is 47.0 Å². The Bertz CT molecular complexity index is 759. The third-order valence-corrected chi connectivity index (χ3v) is 4.66. The maximum atomic E-state index is 11.5. The Labute approximate surface area is 152 Å². The molecule has 0 bridgehead atoms. The van der Waals surface area contributed by atoms with Gasteiger partial charge in [-0.3, -0.25) is 4.79 Å². The summed E-state index contributed by atoms with van der Waals surface area (Å²) in [7, 11) is 0. The third-order valence-electron chi connectivity index (χ3n) is 4.29. The molecule has 0 radical (unpaired) electrons. The van der Waals surface area contributed by atoms with Gasteiger partial charge in [-0.1, -0.05) is 29.8 Å². The number of piperazine rings is 1. The molecule has 1 amide bonds. The summed E-state index contributed by atoms with van der Waals surface area (Å²) in [6, 6.07) is 9.70. The number of anilines is 2. The number of aromatic nitrogens is 2. The molecule has 1 aromatic carbocycles. The number of hydrogen-bond acceptors (Lipinski definition) is 5. The van der Waals surface area contributed by atoms with Crippen molar-refractivity contribution in [2.45, 2.75) is 20.4 Å². The monoisotopic (exact) mass is 359 g/mol. The van der Waals surface area contributed by atoms with E-state index in [0.29, 0.717) is 12.4 Å². The Morgan fingerprint density at radius 1 is 1.20 bits per heavy atom. The maximum Gasteiger partial charge on any atom is 0.219 e. The molecule has 1 aliphatic heterocycles. The van der Waals surface area contributed by atoms with Crippen molar-refractivity contribution in [2.24, 2.45) is 0 Å². The van der Waals surface area contributed by atoms with E-state index in [-0.39, 0.29) is 5.91 Å². The average molecular weight is 360 g/mol. The van der Waals surface area contributed by atoms with E-state index in [1.807, 2.05) is 42.2 Å². The highest BCUT2D eigenvalue weighted by Crippen LogP contribution is 2.20. The van der Waals surface area contributed by atoms with E-state index in [2.05, 4.69) is 20.2 Å². The molecule has 6 nitrogen and oxygen atoms in total. The van der Waals surface area contributed by atoms with Gasteiger partial charge in [0.25, 0.3) is 0 Å². The highest BCUT2D eigenvalue weighted by molar-refractivity contribution is 6.31. The molecular weight excluding hydrogens is 338 g/mol. The number of benzene rings is 1. The minimum atomic E-state index is 0.126. The van der Waals surface area contributed by atoms with E-state index in [0.717, 1.165) is 48.4 Å². The second-order valence-electron chi connectivity index (χ2n) is 6.10. The van der Waals surface area contributed by atoms with Crippen LogP contribution < -0.4 is 10.2 Å². The van der Waals surface area contributed by atoms with Gasteiger partial charge < -0.3 is 15.1 Å². The standard InChI is InChI=1S/C18H22ClN5O/c1-13-21-17(20-12-15-5-3-4-6-16(15)19)11-18(22-13)24-9-7-23(8-10-24)14(2)25/h3-6,11H,7-10,12H2,1-2H3,(H,20,21,22). The smallest absolute Gasteiger partial charge is 0.219 e. The first kappa shape index (κ1) is 17.5. The summed E-state index contributed by atoms with van der Waals surface area (Å²) in [5.41, 5.74) is 1.03. The molecule has 1 aliphatic rings. The Kier molecular flexibility index (Phi) is 5.38. The SMILES string of the molecule is CC(=O)N1CCN(c2cc(NCc3ccccc3Cl)nc(C)n2)CC1. The molecule has 1 N–H and O–H groups in total. The second kappa shape index (κ2) is 7.70. The van der Waals surface area contributed by atoms with Crippen molar-refractivity contribution >= 4 is 29.1 Å². The zero-order chi connectivity index (χ0) is 17.8. The van der Waals surface area contributed by atoms with Crippen LogP contribution in [0.2, 0.25) is 5.02 Å². The second-order valence-corrected chi connectivity index (χ2v) is 6.50. The fraction of sp³-hybridized carbons (Fsp3) is 0.389. The van der Waals surface area contributed by atoms with Crippen molar-refractivity contribution in [1.82, 2.24) is 14.9 Å². The summed E-state index contributed by atoms with van der Waals surface area (Å²) in [5, 5.41) is 4.06. The number of rotatable bonds is 4. The van der Waals surface area contributed by atoms with Crippen molar-refractivity contribution in [3.05, 3.63) is 46.7 Å². The number of hydrogen-bond donors (Lipinski definition) is 1. The molecule has 7 heteroatoms. The fourth-order valence-corrected chi connectivity index (χ4v) is 3.09. The number of halogens is 1. The van der Waals surface area contributed by atoms with Crippen LogP contribution in [0.5, 0.6) is 0 Å². The Balaban J connectivity index is 1.69. The highest BCUT2D eigenvalue weighted by Gasteiger charge is 2.20. The zero-order valence-electron chi connectivity index (χ0n) is 14.5. The van der Waals surface area contributed by atoms with Gasteiger partial charge in [0.2, 0.25) is 5.91 Å². The maximum absolute atomic E-state index is 11.5. The predicted molar refractivity (Wildman–Crippen MR) is 100 cm³/mol. The van der Waals surface area contributed by atoms with Crippen molar-refractivity contribution in [3.63, 3.8) is 0 Å². The lowest BCUT2D eigenvalue weighted by Gasteiger charge is -2.35. The van der Waals surface area contributed by atoms with Crippen LogP contribution in [0.25, 0.3) is 0 Å². The minimum absolute atomic E-state index is 0.126.